The number of nitrogens with zero attached hydrogens (tertiary/aromatic N) is 2. The van der Waals surface area contributed by atoms with Gasteiger partial charge < -0.3 is 20.7 Å². The molecule has 178 valence electrons. The van der Waals surface area contributed by atoms with Crippen LogP contribution in [0.5, 0.6) is 5.75 Å². The molecular weight excluding hydrogens is 462 g/mol. The molecule has 0 aliphatic rings. The van der Waals surface area contributed by atoms with Gasteiger partial charge in [-0.15, -0.1) is 0 Å². The first-order chi connectivity index (χ1) is 16.9. The molecule has 8 heteroatoms. The third kappa shape index (κ3) is 6.28. The molecule has 4 rings (SSSR count). The number of ether oxygens (including phenoxy) is 1. The van der Waals surface area contributed by atoms with Crippen molar-refractivity contribution in [1.29, 1.82) is 0 Å². The number of hydrogen-bond donors (Lipinski definition) is 3. The number of aromatic nitrogens is 2. The van der Waals surface area contributed by atoms with Gasteiger partial charge in [0.1, 0.15) is 10.8 Å². The molecule has 0 bridgehead atoms. The van der Waals surface area contributed by atoms with Gasteiger partial charge >= 0.3 is 0 Å². The van der Waals surface area contributed by atoms with E-state index in [9.17, 15) is 4.79 Å². The molecule has 0 atom stereocenters. The van der Waals surface area contributed by atoms with Gasteiger partial charge in [0.25, 0.3) is 0 Å². The smallest absolute Gasteiger partial charge is 0.248 e. The van der Waals surface area contributed by atoms with Crippen molar-refractivity contribution in [2.24, 2.45) is 0 Å². The highest BCUT2D eigenvalue weighted by Gasteiger charge is 2.12. The van der Waals surface area contributed by atoms with Gasteiger partial charge in [-0.1, -0.05) is 48.0 Å². The first-order valence-corrected chi connectivity index (χ1v) is 11.6. The quantitative estimate of drug-likeness (QED) is 0.230. The Labute approximate surface area is 209 Å². The molecule has 0 radical (unpaired) electrons. The number of amides is 1. The number of benzene rings is 3. The average Bonchev–Trinajstić information content (AvgIpc) is 2.82. The summed E-state index contributed by atoms with van der Waals surface area (Å²) in [6.45, 7) is 5.67. The zero-order valence-corrected chi connectivity index (χ0v) is 20.4. The molecule has 1 amide bonds. The van der Waals surface area contributed by atoms with Crippen LogP contribution >= 0.6 is 11.6 Å². The van der Waals surface area contributed by atoms with E-state index in [0.717, 1.165) is 16.5 Å². The van der Waals surface area contributed by atoms with Gasteiger partial charge in [0, 0.05) is 11.4 Å². The van der Waals surface area contributed by atoms with Crippen molar-refractivity contribution >= 4 is 57.1 Å². The average molecular weight is 488 g/mol. The molecule has 0 spiro atoms. The van der Waals surface area contributed by atoms with Crippen molar-refractivity contribution in [2.45, 2.75) is 26.9 Å². The van der Waals surface area contributed by atoms with Crippen molar-refractivity contribution in [2.75, 3.05) is 16.0 Å². The third-order valence-electron chi connectivity index (χ3n) is 4.93. The van der Waals surface area contributed by atoms with Crippen molar-refractivity contribution < 1.29 is 9.53 Å². The van der Waals surface area contributed by atoms with Crippen LogP contribution in [-0.4, -0.2) is 22.0 Å². The molecule has 0 saturated heterocycles. The summed E-state index contributed by atoms with van der Waals surface area (Å²) in [5, 5.41) is 11.9. The zero-order valence-electron chi connectivity index (χ0n) is 19.7. The van der Waals surface area contributed by atoms with Gasteiger partial charge in [-0.05, 0) is 68.0 Å². The highest BCUT2D eigenvalue weighted by atomic mass is 35.5. The fourth-order valence-electron chi connectivity index (χ4n) is 3.44. The monoisotopic (exact) mass is 487 g/mol. The Balaban J connectivity index is 1.61. The Morgan fingerprint density at radius 3 is 2.54 bits per heavy atom. The van der Waals surface area contributed by atoms with E-state index in [0.29, 0.717) is 33.9 Å². The molecule has 7 nitrogen and oxygen atoms in total. The van der Waals surface area contributed by atoms with Gasteiger partial charge in [-0.2, -0.15) is 4.98 Å². The Bertz CT molecular complexity index is 1390. The first kappa shape index (κ1) is 24.0. The predicted octanol–water partition coefficient (Wildman–Crippen LogP) is 7.07. The van der Waals surface area contributed by atoms with E-state index in [2.05, 4.69) is 32.0 Å². The lowest BCUT2D eigenvalue weighted by atomic mass is 10.1. The Morgan fingerprint density at radius 2 is 1.77 bits per heavy atom. The van der Waals surface area contributed by atoms with Crippen LogP contribution in [0.2, 0.25) is 5.02 Å². The van der Waals surface area contributed by atoms with Gasteiger partial charge in [0.15, 0.2) is 5.82 Å². The van der Waals surface area contributed by atoms with E-state index in [4.69, 9.17) is 16.3 Å². The molecule has 0 unspecified atom stereocenters. The van der Waals surface area contributed by atoms with Crippen LogP contribution in [-0.2, 0) is 4.79 Å². The Kier molecular flexibility index (Phi) is 7.48. The van der Waals surface area contributed by atoms with E-state index >= 15 is 0 Å². The fraction of sp³-hybridized carbons (Fsp3) is 0.148. The van der Waals surface area contributed by atoms with E-state index in [-0.39, 0.29) is 12.0 Å². The topological polar surface area (TPSA) is 88.2 Å². The number of halogens is 1. The summed E-state index contributed by atoms with van der Waals surface area (Å²) in [6, 6.07) is 19.5. The molecular formula is C27H26ClN5O2. The van der Waals surface area contributed by atoms with Gasteiger partial charge in [-0.3, -0.25) is 4.79 Å². The van der Waals surface area contributed by atoms with Crippen molar-refractivity contribution in [3.05, 3.63) is 84.0 Å². The zero-order chi connectivity index (χ0) is 24.8. The summed E-state index contributed by atoms with van der Waals surface area (Å²) in [5.74, 6) is 1.17. The SMILES string of the molecule is C/C=C/C(=O)Nc1ccc(OC(C)C)c(Nc2ncc(Cl)c(Nc3ccc4ccccc4c3)n2)c1. The number of carbonyl (C=O) groups is 1. The second-order valence-electron chi connectivity index (χ2n) is 8.07. The van der Waals surface area contributed by atoms with Crippen molar-refractivity contribution in [3.8, 4) is 5.75 Å². The van der Waals surface area contributed by atoms with Gasteiger partial charge in [0.2, 0.25) is 11.9 Å². The second-order valence-corrected chi connectivity index (χ2v) is 8.48. The van der Waals surface area contributed by atoms with Crippen molar-refractivity contribution in [3.63, 3.8) is 0 Å². The van der Waals surface area contributed by atoms with Crippen LogP contribution in [0.15, 0.2) is 79.0 Å². The number of hydrogen-bond acceptors (Lipinski definition) is 6. The lowest BCUT2D eigenvalue weighted by molar-refractivity contribution is -0.111. The fourth-order valence-corrected chi connectivity index (χ4v) is 3.57. The summed E-state index contributed by atoms with van der Waals surface area (Å²) in [4.78, 5) is 20.9. The number of allylic oxidation sites excluding steroid dienone is 1. The molecule has 0 fully saturated rings. The standard InChI is InChI=1S/C27H26ClN5O2/c1-4-7-25(34)30-21-12-13-24(35-17(2)3)23(15-21)32-27-29-16-22(28)26(33-27)31-20-11-10-18-8-5-6-9-19(18)14-20/h4-17H,1-3H3,(H,30,34)(H2,29,31,32,33)/b7-4+. The number of fused-ring (bicyclic) bond motifs is 1. The Morgan fingerprint density at radius 1 is 1.00 bits per heavy atom. The van der Waals surface area contributed by atoms with Crippen LogP contribution in [0.1, 0.15) is 20.8 Å². The molecule has 1 heterocycles. The molecule has 3 N–H and O–H groups in total. The highest BCUT2D eigenvalue weighted by molar-refractivity contribution is 6.33. The molecule has 35 heavy (non-hydrogen) atoms. The second kappa shape index (κ2) is 10.9. The van der Waals surface area contributed by atoms with E-state index in [1.165, 1.54) is 12.3 Å². The summed E-state index contributed by atoms with van der Waals surface area (Å²) < 4.78 is 5.93. The molecule has 0 aliphatic heterocycles. The van der Waals surface area contributed by atoms with E-state index in [1.807, 2.05) is 50.2 Å². The molecule has 1 aromatic heterocycles. The summed E-state index contributed by atoms with van der Waals surface area (Å²) in [5.41, 5.74) is 2.07. The number of nitrogens with one attached hydrogen (secondary N) is 3. The molecule has 0 saturated carbocycles. The number of rotatable bonds is 8. The third-order valence-corrected chi connectivity index (χ3v) is 5.21. The summed E-state index contributed by atoms with van der Waals surface area (Å²) in [6.07, 6.45) is 4.62. The normalized spacial score (nSPS) is 11.1. The maximum Gasteiger partial charge on any atom is 0.248 e. The van der Waals surface area contributed by atoms with E-state index < -0.39 is 0 Å². The minimum Gasteiger partial charge on any atom is -0.489 e. The van der Waals surface area contributed by atoms with Gasteiger partial charge in [0.05, 0.1) is 18.0 Å². The van der Waals surface area contributed by atoms with Crippen molar-refractivity contribution in [1.82, 2.24) is 9.97 Å². The molecule has 4 aromatic rings. The van der Waals surface area contributed by atoms with Gasteiger partial charge in [-0.25, -0.2) is 4.98 Å². The lowest BCUT2D eigenvalue weighted by Crippen LogP contribution is -2.11. The van der Waals surface area contributed by atoms with Crippen LogP contribution in [0.3, 0.4) is 0 Å². The largest absolute Gasteiger partial charge is 0.489 e. The first-order valence-electron chi connectivity index (χ1n) is 11.2. The van der Waals surface area contributed by atoms with Crippen LogP contribution < -0.4 is 20.7 Å². The summed E-state index contributed by atoms with van der Waals surface area (Å²) >= 11 is 6.39. The predicted molar refractivity (Wildman–Crippen MR) is 143 cm³/mol. The minimum absolute atomic E-state index is 0.0460. The minimum atomic E-state index is -0.222. The van der Waals surface area contributed by atoms with Crippen LogP contribution in [0.25, 0.3) is 10.8 Å². The highest BCUT2D eigenvalue weighted by Crippen LogP contribution is 2.32. The molecule has 3 aromatic carbocycles. The van der Waals surface area contributed by atoms with Crippen LogP contribution in [0, 0.1) is 0 Å². The number of anilines is 5. The van der Waals surface area contributed by atoms with E-state index in [1.54, 1.807) is 31.2 Å². The number of carbonyl (C=O) groups excluding carboxylic acids is 1. The maximum absolute atomic E-state index is 12.0. The maximum atomic E-state index is 12.0. The Hall–Kier alpha value is -4.10. The van der Waals surface area contributed by atoms with Crippen LogP contribution in [0.4, 0.5) is 28.8 Å². The summed E-state index contributed by atoms with van der Waals surface area (Å²) in [7, 11) is 0. The lowest BCUT2D eigenvalue weighted by Gasteiger charge is -2.17. The molecule has 0 aliphatic carbocycles.